The van der Waals surface area contributed by atoms with Gasteiger partial charge in [-0.1, -0.05) is 43.2 Å². The van der Waals surface area contributed by atoms with Crippen LogP contribution < -0.4 is 0 Å². The smallest absolute Gasteiger partial charge is 0.373 e. The summed E-state index contributed by atoms with van der Waals surface area (Å²) in [5, 5.41) is 1.60. The Balaban J connectivity index is 3.97. The summed E-state index contributed by atoms with van der Waals surface area (Å²) in [7, 11) is 2.37. The first-order chi connectivity index (χ1) is 14.6. The van der Waals surface area contributed by atoms with Gasteiger partial charge < -0.3 is 26.6 Å². The summed E-state index contributed by atoms with van der Waals surface area (Å²) in [5.41, 5.74) is 0. The van der Waals surface area contributed by atoms with E-state index in [2.05, 4.69) is 0 Å². The molecule has 0 atom stereocenters. The predicted octanol–water partition coefficient (Wildman–Crippen LogP) is 5.70. The summed E-state index contributed by atoms with van der Waals surface area (Å²) in [6, 6.07) is 0. The van der Waals surface area contributed by atoms with Gasteiger partial charge in [-0.25, -0.2) is 0 Å². The van der Waals surface area contributed by atoms with Crippen LogP contribution in [0, 0.1) is 0 Å². The van der Waals surface area contributed by atoms with E-state index < -0.39 is 17.6 Å². The second-order valence-corrected chi connectivity index (χ2v) is 17.2. The molecule has 0 heterocycles. The fourth-order valence-corrected chi connectivity index (χ4v) is 15.8. The Bertz CT molecular complexity index is 321. The fraction of sp³-hybridized carbons (Fsp3) is 1.00. The molecule has 0 amide bonds. The molecule has 0 aromatic heterocycles. The van der Waals surface area contributed by atoms with Gasteiger partial charge in [0.2, 0.25) is 0 Å². The second kappa shape index (κ2) is 21.1. The summed E-state index contributed by atoms with van der Waals surface area (Å²) in [6.45, 7) is 15.8. The van der Waals surface area contributed by atoms with Crippen molar-refractivity contribution in [2.75, 3.05) is 61.9 Å². The van der Waals surface area contributed by atoms with Crippen molar-refractivity contribution in [1.82, 2.24) is 0 Å². The Labute approximate surface area is 202 Å². The highest BCUT2D eigenvalue weighted by Crippen LogP contribution is 2.30. The number of hydrogen-bond acceptors (Lipinski definition) is 10. The van der Waals surface area contributed by atoms with Crippen LogP contribution in [0.4, 0.5) is 0 Å². The first-order valence-corrected chi connectivity index (χ1v) is 19.7. The maximum atomic E-state index is 5.89. The van der Waals surface area contributed by atoms with Gasteiger partial charge in [0.15, 0.2) is 0 Å². The van der Waals surface area contributed by atoms with Gasteiger partial charge >= 0.3 is 17.6 Å². The zero-order chi connectivity index (χ0) is 22.6. The van der Waals surface area contributed by atoms with E-state index in [0.717, 1.165) is 22.3 Å². The summed E-state index contributed by atoms with van der Waals surface area (Å²) in [6.07, 6.45) is 2.39. The molecule has 30 heavy (non-hydrogen) atoms. The van der Waals surface area contributed by atoms with Crippen LogP contribution >= 0.6 is 43.2 Å². The zero-order valence-electron chi connectivity index (χ0n) is 19.6. The molecule has 0 rings (SSSR count). The number of rotatable bonds is 23. The van der Waals surface area contributed by atoms with E-state index in [0.29, 0.717) is 39.6 Å². The van der Waals surface area contributed by atoms with Gasteiger partial charge in [0.05, 0.1) is 10.8 Å². The van der Waals surface area contributed by atoms with Gasteiger partial charge in [-0.3, -0.25) is 0 Å². The Morgan fingerprint density at radius 3 is 0.933 bits per heavy atom. The number of hydrogen-bond donors (Lipinski definition) is 0. The van der Waals surface area contributed by atoms with Crippen molar-refractivity contribution in [2.45, 2.75) is 54.4 Å². The molecule has 0 unspecified atom stereocenters. The van der Waals surface area contributed by atoms with E-state index in [1.54, 1.807) is 0 Å². The van der Waals surface area contributed by atoms with Crippen molar-refractivity contribution in [3.63, 3.8) is 0 Å². The topological polar surface area (TPSA) is 55.4 Å². The lowest BCUT2D eigenvalue weighted by molar-refractivity contribution is 0.0765. The van der Waals surface area contributed by atoms with Gasteiger partial charge in [-0.15, -0.1) is 0 Å². The number of unbranched alkanes of at least 4 members (excludes halogenated alkanes) is 1. The maximum Gasteiger partial charge on any atom is 0.512 e. The minimum absolute atomic E-state index is 0.631. The third kappa shape index (κ3) is 14.7. The van der Waals surface area contributed by atoms with Crippen LogP contribution in [0.2, 0.25) is 0 Å². The van der Waals surface area contributed by atoms with E-state index in [4.69, 9.17) is 26.6 Å². The van der Waals surface area contributed by atoms with Crippen LogP contribution in [0.25, 0.3) is 0 Å². The zero-order valence-corrected chi connectivity index (χ0v) is 24.8. The summed E-state index contributed by atoms with van der Waals surface area (Å²) in [5.74, 6) is 2.25. The molecule has 6 nitrogen and oxygen atoms in total. The lowest BCUT2D eigenvalue weighted by atomic mass is 10.4. The molecule has 0 radical (unpaired) electrons. The van der Waals surface area contributed by atoms with Crippen molar-refractivity contribution in [1.29, 1.82) is 0 Å². The van der Waals surface area contributed by atoms with Gasteiger partial charge in [0.25, 0.3) is 0 Å². The normalized spacial score (nSPS) is 12.6. The van der Waals surface area contributed by atoms with Crippen LogP contribution in [0.5, 0.6) is 0 Å². The van der Waals surface area contributed by atoms with Crippen LogP contribution in [-0.2, 0) is 26.6 Å². The van der Waals surface area contributed by atoms with E-state index in [9.17, 15) is 0 Å². The van der Waals surface area contributed by atoms with Gasteiger partial charge in [0.1, 0.15) is 0 Å². The maximum absolute atomic E-state index is 5.89. The molecule has 0 bridgehead atoms. The van der Waals surface area contributed by atoms with E-state index in [-0.39, 0.29) is 0 Å². The van der Waals surface area contributed by atoms with E-state index >= 15 is 0 Å². The van der Waals surface area contributed by atoms with Crippen molar-refractivity contribution in [3.8, 4) is 0 Å². The first kappa shape index (κ1) is 31.6. The Kier molecular flexibility index (Phi) is 22.3. The van der Waals surface area contributed by atoms with Crippen molar-refractivity contribution < 1.29 is 26.6 Å². The highest BCUT2D eigenvalue weighted by molar-refractivity contribution is 8.77. The monoisotopic (exact) mass is 538 g/mol. The second-order valence-electron chi connectivity index (χ2n) is 5.84. The SMILES string of the molecule is CCO[Si](CSSCCCCSSC[Si](OCC)(OCC)OCC)(OCC)OCC. The molecule has 0 fully saturated rings. The van der Waals surface area contributed by atoms with Crippen LogP contribution in [0.3, 0.4) is 0 Å². The quantitative estimate of drug-likeness (QED) is 0.0919. The third-order valence-corrected chi connectivity index (χ3v) is 17.0. The van der Waals surface area contributed by atoms with Crippen molar-refractivity contribution in [2.24, 2.45) is 0 Å². The lowest BCUT2D eigenvalue weighted by Crippen LogP contribution is -2.49. The molecule has 182 valence electrons. The molecule has 0 spiro atoms. The molecule has 0 N–H and O–H groups in total. The molecule has 0 aromatic carbocycles. The van der Waals surface area contributed by atoms with Gasteiger partial charge in [-0.2, -0.15) is 0 Å². The van der Waals surface area contributed by atoms with Crippen LogP contribution in [0.1, 0.15) is 54.4 Å². The molecule has 0 aliphatic rings. The minimum atomic E-state index is -2.52. The highest BCUT2D eigenvalue weighted by Gasteiger charge is 2.41. The average molecular weight is 539 g/mol. The lowest BCUT2D eigenvalue weighted by Gasteiger charge is -2.27. The molecule has 12 heteroatoms. The molecule has 0 aliphatic carbocycles. The minimum Gasteiger partial charge on any atom is -0.373 e. The summed E-state index contributed by atoms with van der Waals surface area (Å²) >= 11 is 0. The van der Waals surface area contributed by atoms with Gasteiger partial charge in [0, 0.05) is 51.1 Å². The highest BCUT2D eigenvalue weighted by atomic mass is 33.1. The molecular formula is C18H42O6S4Si2. The van der Waals surface area contributed by atoms with Crippen LogP contribution in [0.15, 0.2) is 0 Å². The van der Waals surface area contributed by atoms with E-state index in [1.807, 2.05) is 84.7 Å². The molecule has 0 aliphatic heterocycles. The standard InChI is InChI=1S/C18H42O6S4Si2/c1-7-19-29(20-8-2,21-9-3)17-27-25-15-13-14-16-26-28-18-30(22-10-4,23-11-5)24-12-6/h7-18H2,1-6H3. The van der Waals surface area contributed by atoms with Crippen molar-refractivity contribution in [3.05, 3.63) is 0 Å². The first-order valence-electron chi connectivity index (χ1n) is 10.9. The van der Waals surface area contributed by atoms with E-state index in [1.165, 1.54) is 12.8 Å². The fourth-order valence-electron chi connectivity index (χ4n) is 2.49. The average Bonchev–Trinajstić information content (AvgIpc) is 2.70. The Hall–Kier alpha value is 1.59. The van der Waals surface area contributed by atoms with Gasteiger partial charge in [-0.05, 0) is 54.4 Å². The molecule has 0 aromatic rings. The third-order valence-electron chi connectivity index (χ3n) is 3.53. The summed E-state index contributed by atoms with van der Waals surface area (Å²) < 4.78 is 35.3. The molecule has 0 saturated heterocycles. The van der Waals surface area contributed by atoms with Crippen LogP contribution in [-0.4, -0.2) is 79.5 Å². The predicted molar refractivity (Wildman–Crippen MR) is 140 cm³/mol. The summed E-state index contributed by atoms with van der Waals surface area (Å²) in [4.78, 5) is 0. The Morgan fingerprint density at radius 1 is 0.433 bits per heavy atom. The molecular weight excluding hydrogens is 497 g/mol. The Morgan fingerprint density at radius 2 is 0.700 bits per heavy atom. The van der Waals surface area contributed by atoms with Crippen molar-refractivity contribution >= 4 is 60.8 Å². The largest absolute Gasteiger partial charge is 0.512 e. The molecule has 0 saturated carbocycles.